The van der Waals surface area contributed by atoms with Gasteiger partial charge in [-0.15, -0.1) is 0 Å². The molecule has 7 heteroatoms. The van der Waals surface area contributed by atoms with Crippen molar-refractivity contribution in [2.75, 3.05) is 5.32 Å². The quantitative estimate of drug-likeness (QED) is 0.763. The van der Waals surface area contributed by atoms with Gasteiger partial charge in [0.2, 0.25) is 5.91 Å². The summed E-state index contributed by atoms with van der Waals surface area (Å²) in [6.07, 6.45) is 0.232. The molecule has 5 nitrogen and oxygen atoms in total. The van der Waals surface area contributed by atoms with E-state index in [9.17, 15) is 9.59 Å². The highest BCUT2D eigenvalue weighted by atomic mass is 79.9. The predicted molar refractivity (Wildman–Crippen MR) is 86.1 cm³/mol. The number of carbonyl (C=O) groups excluding carboxylic acids is 1. The molecule has 1 unspecified atom stereocenters. The van der Waals surface area contributed by atoms with Crippen molar-refractivity contribution >= 4 is 39.9 Å². The third kappa shape index (κ3) is 2.36. The summed E-state index contributed by atoms with van der Waals surface area (Å²) >= 11 is 8.58. The van der Waals surface area contributed by atoms with Crippen molar-refractivity contribution in [1.82, 2.24) is 9.55 Å². The van der Waals surface area contributed by atoms with Crippen LogP contribution in [0.1, 0.15) is 23.5 Å². The fourth-order valence-electron chi connectivity index (χ4n) is 2.61. The Balaban J connectivity index is 2.31. The van der Waals surface area contributed by atoms with Gasteiger partial charge in [0.15, 0.2) is 4.77 Å². The maximum absolute atomic E-state index is 12.3. The van der Waals surface area contributed by atoms with Crippen molar-refractivity contribution in [3.05, 3.63) is 55.0 Å². The lowest BCUT2D eigenvalue weighted by Gasteiger charge is -2.27. The fraction of sp³-hybridized carbons (Fsp3) is 0.214. The fourth-order valence-corrected chi connectivity index (χ4v) is 3.35. The van der Waals surface area contributed by atoms with Crippen molar-refractivity contribution in [2.45, 2.75) is 12.3 Å². The number of nitrogens with zero attached hydrogens (tertiary/aromatic N) is 1. The van der Waals surface area contributed by atoms with E-state index in [1.54, 1.807) is 11.6 Å². The number of anilines is 1. The second kappa shape index (κ2) is 5.23. The highest BCUT2D eigenvalue weighted by Gasteiger charge is 2.31. The van der Waals surface area contributed by atoms with Gasteiger partial charge in [-0.1, -0.05) is 34.1 Å². The lowest BCUT2D eigenvalue weighted by molar-refractivity contribution is -0.116. The molecule has 2 heterocycles. The minimum atomic E-state index is -0.296. The van der Waals surface area contributed by atoms with Gasteiger partial charge in [0.1, 0.15) is 5.82 Å². The van der Waals surface area contributed by atoms with Crippen LogP contribution in [0.3, 0.4) is 0 Å². The van der Waals surface area contributed by atoms with Crippen LogP contribution in [0.15, 0.2) is 33.5 Å². The lowest BCUT2D eigenvalue weighted by atomic mass is 9.87. The molecule has 108 valence electrons. The molecule has 3 rings (SSSR count). The molecule has 2 aromatic rings. The van der Waals surface area contributed by atoms with Gasteiger partial charge in [0.05, 0.1) is 5.56 Å². The van der Waals surface area contributed by atoms with E-state index in [4.69, 9.17) is 12.2 Å². The molecule has 1 aromatic carbocycles. The van der Waals surface area contributed by atoms with E-state index in [1.165, 1.54) is 0 Å². The second-order valence-electron chi connectivity index (χ2n) is 4.91. The van der Waals surface area contributed by atoms with E-state index >= 15 is 0 Å². The Morgan fingerprint density at radius 1 is 1.33 bits per heavy atom. The molecule has 0 aliphatic carbocycles. The number of H-pyrrole nitrogens is 1. The Morgan fingerprint density at radius 3 is 2.76 bits per heavy atom. The summed E-state index contributed by atoms with van der Waals surface area (Å²) < 4.78 is 2.78. The Labute approximate surface area is 134 Å². The molecule has 1 aromatic heterocycles. The summed E-state index contributed by atoms with van der Waals surface area (Å²) in [6, 6.07) is 7.60. The van der Waals surface area contributed by atoms with Crippen molar-refractivity contribution in [3.63, 3.8) is 0 Å². The molecule has 1 amide bonds. The molecule has 0 radical (unpaired) electrons. The molecular weight excluding hydrogens is 354 g/mol. The molecule has 0 bridgehead atoms. The second-order valence-corrected chi connectivity index (χ2v) is 6.15. The summed E-state index contributed by atoms with van der Waals surface area (Å²) in [5, 5.41) is 2.75. The third-order valence-corrected chi connectivity index (χ3v) is 4.73. The summed E-state index contributed by atoms with van der Waals surface area (Å²) in [5.41, 5.74) is 1.20. The largest absolute Gasteiger partial charge is 0.312 e. The number of nitrogens with one attached hydrogen (secondary N) is 2. The van der Waals surface area contributed by atoms with Gasteiger partial charge in [-0.3, -0.25) is 14.6 Å². The zero-order chi connectivity index (χ0) is 15.1. The number of aromatic nitrogens is 2. The van der Waals surface area contributed by atoms with E-state index in [0.717, 1.165) is 10.0 Å². The van der Waals surface area contributed by atoms with Gasteiger partial charge in [0, 0.05) is 23.9 Å². The zero-order valence-electron chi connectivity index (χ0n) is 11.1. The molecular formula is C14H12BrN3O2S. The van der Waals surface area contributed by atoms with Gasteiger partial charge < -0.3 is 9.88 Å². The standard InChI is InChI=1S/C14H12BrN3O2S/c1-18-12-11(13(20)17-14(18)21)8(6-10(19)16-12)7-4-2-3-5-9(7)15/h2-5,8H,6H2,1H3,(H,16,19)(H,17,20,21). The van der Waals surface area contributed by atoms with E-state index in [0.29, 0.717) is 11.4 Å². The number of aromatic amines is 1. The average Bonchev–Trinajstić information content (AvgIpc) is 2.44. The third-order valence-electron chi connectivity index (χ3n) is 3.64. The number of amides is 1. The van der Waals surface area contributed by atoms with Crippen LogP contribution in [0.5, 0.6) is 0 Å². The number of carbonyl (C=O) groups is 1. The first-order valence-electron chi connectivity index (χ1n) is 6.36. The molecule has 2 N–H and O–H groups in total. The maximum atomic E-state index is 12.3. The molecule has 0 spiro atoms. The lowest BCUT2D eigenvalue weighted by Crippen LogP contribution is -2.33. The molecule has 1 atom stereocenters. The molecule has 1 aliphatic rings. The Hall–Kier alpha value is -1.73. The summed E-state index contributed by atoms with van der Waals surface area (Å²) in [6.45, 7) is 0. The number of rotatable bonds is 1. The van der Waals surface area contributed by atoms with Gasteiger partial charge >= 0.3 is 0 Å². The highest BCUT2D eigenvalue weighted by Crippen LogP contribution is 2.37. The van der Waals surface area contributed by atoms with Crippen LogP contribution >= 0.6 is 28.1 Å². The van der Waals surface area contributed by atoms with E-state index < -0.39 is 0 Å². The van der Waals surface area contributed by atoms with Crippen LogP contribution in [0.4, 0.5) is 5.82 Å². The van der Waals surface area contributed by atoms with Crippen LogP contribution in [-0.2, 0) is 11.8 Å². The van der Waals surface area contributed by atoms with Crippen LogP contribution in [0.2, 0.25) is 0 Å². The first-order chi connectivity index (χ1) is 9.99. The Morgan fingerprint density at radius 2 is 2.05 bits per heavy atom. The maximum Gasteiger partial charge on any atom is 0.257 e. The van der Waals surface area contributed by atoms with E-state index in [-0.39, 0.29) is 28.6 Å². The van der Waals surface area contributed by atoms with Crippen LogP contribution in [0, 0.1) is 4.77 Å². The number of hydrogen-bond donors (Lipinski definition) is 2. The van der Waals surface area contributed by atoms with Gasteiger partial charge in [-0.25, -0.2) is 0 Å². The SMILES string of the molecule is Cn1c2c(c(=O)[nH]c1=S)C(c1ccccc1Br)CC(=O)N2. The number of hydrogen-bond acceptors (Lipinski definition) is 3. The molecule has 0 saturated heterocycles. The monoisotopic (exact) mass is 365 g/mol. The summed E-state index contributed by atoms with van der Waals surface area (Å²) in [4.78, 5) is 27.0. The normalized spacial score (nSPS) is 17.2. The number of halogens is 1. The Bertz CT molecular complexity index is 856. The summed E-state index contributed by atoms with van der Waals surface area (Å²) in [7, 11) is 1.72. The summed E-state index contributed by atoms with van der Waals surface area (Å²) in [5.74, 6) is 0.0504. The van der Waals surface area contributed by atoms with Crippen molar-refractivity contribution < 1.29 is 4.79 Å². The molecule has 21 heavy (non-hydrogen) atoms. The number of fused-ring (bicyclic) bond motifs is 1. The van der Waals surface area contributed by atoms with Gasteiger partial charge in [-0.2, -0.15) is 0 Å². The molecule has 0 fully saturated rings. The number of benzene rings is 1. The van der Waals surface area contributed by atoms with Crippen molar-refractivity contribution in [3.8, 4) is 0 Å². The first kappa shape index (κ1) is 14.2. The minimum absolute atomic E-state index is 0.126. The topological polar surface area (TPSA) is 66.9 Å². The molecule has 0 saturated carbocycles. The van der Waals surface area contributed by atoms with Gasteiger partial charge in [0.25, 0.3) is 5.56 Å². The Kier molecular flexibility index (Phi) is 3.54. The van der Waals surface area contributed by atoms with E-state index in [2.05, 4.69) is 26.2 Å². The molecule has 1 aliphatic heterocycles. The van der Waals surface area contributed by atoms with Crippen molar-refractivity contribution in [1.29, 1.82) is 0 Å². The van der Waals surface area contributed by atoms with E-state index in [1.807, 2.05) is 24.3 Å². The predicted octanol–water partition coefficient (Wildman–Crippen LogP) is 2.68. The van der Waals surface area contributed by atoms with Crippen LogP contribution < -0.4 is 10.9 Å². The average molecular weight is 366 g/mol. The van der Waals surface area contributed by atoms with Gasteiger partial charge in [-0.05, 0) is 23.8 Å². The minimum Gasteiger partial charge on any atom is -0.312 e. The smallest absolute Gasteiger partial charge is 0.257 e. The first-order valence-corrected chi connectivity index (χ1v) is 7.56. The van der Waals surface area contributed by atoms with Crippen LogP contribution in [-0.4, -0.2) is 15.5 Å². The van der Waals surface area contributed by atoms with Crippen molar-refractivity contribution in [2.24, 2.45) is 7.05 Å². The van der Waals surface area contributed by atoms with Crippen LogP contribution in [0.25, 0.3) is 0 Å². The zero-order valence-corrected chi connectivity index (χ0v) is 13.5. The highest BCUT2D eigenvalue weighted by molar-refractivity contribution is 9.10.